The lowest BCUT2D eigenvalue weighted by Gasteiger charge is -2.13. The van der Waals surface area contributed by atoms with E-state index in [0.29, 0.717) is 23.8 Å². The predicted octanol–water partition coefficient (Wildman–Crippen LogP) is 6.17. The second-order valence-electron chi connectivity index (χ2n) is 7.31. The van der Waals surface area contributed by atoms with Gasteiger partial charge in [-0.1, -0.05) is 67.1 Å². The van der Waals surface area contributed by atoms with Crippen LogP contribution in [0, 0.1) is 6.92 Å². The first-order valence-electron chi connectivity index (χ1n) is 10.0. The van der Waals surface area contributed by atoms with Crippen LogP contribution in [0.2, 0.25) is 0 Å². The lowest BCUT2D eigenvalue weighted by atomic mass is 10.0. The number of thioether (sulfide) groups is 1. The Kier molecular flexibility index (Phi) is 5.91. The molecule has 3 aromatic carbocycles. The van der Waals surface area contributed by atoms with Crippen molar-refractivity contribution in [1.82, 2.24) is 4.90 Å². The first kappa shape index (κ1) is 20.2. The number of imide groups is 1. The summed E-state index contributed by atoms with van der Waals surface area (Å²) in [7, 11) is 0. The second kappa shape index (κ2) is 8.76. The van der Waals surface area contributed by atoms with Crippen LogP contribution in [-0.2, 0) is 11.4 Å². The van der Waals surface area contributed by atoms with E-state index in [1.807, 2.05) is 55.5 Å². The van der Waals surface area contributed by atoms with Gasteiger partial charge in [0.25, 0.3) is 11.1 Å². The zero-order valence-electron chi connectivity index (χ0n) is 17.1. The normalized spacial score (nSPS) is 15.4. The summed E-state index contributed by atoms with van der Waals surface area (Å²) >= 11 is 0.993. The molecule has 1 fully saturated rings. The number of carbonyl (C=O) groups excluding carboxylic acids is 2. The van der Waals surface area contributed by atoms with Gasteiger partial charge in [-0.2, -0.15) is 0 Å². The standard InChI is InChI=1S/C25H23NO3S/c1-3-14-26-24(27)23(30-25(26)28)15-21-20-7-5-4-6-19(20)12-13-22(21)29-16-18-10-8-17(2)9-11-18/h4-13,15H,3,14,16H2,1-2H3/b23-15+. The molecular weight excluding hydrogens is 394 g/mol. The van der Waals surface area contributed by atoms with Crippen LogP contribution in [0.4, 0.5) is 4.79 Å². The monoisotopic (exact) mass is 417 g/mol. The first-order chi connectivity index (χ1) is 14.6. The Morgan fingerprint density at radius 3 is 2.53 bits per heavy atom. The minimum atomic E-state index is -0.232. The van der Waals surface area contributed by atoms with E-state index in [0.717, 1.165) is 40.1 Å². The first-order valence-corrected chi connectivity index (χ1v) is 10.8. The van der Waals surface area contributed by atoms with Crippen molar-refractivity contribution >= 4 is 39.8 Å². The third kappa shape index (κ3) is 4.12. The van der Waals surface area contributed by atoms with Crippen molar-refractivity contribution < 1.29 is 14.3 Å². The number of carbonyl (C=O) groups is 2. The van der Waals surface area contributed by atoms with Gasteiger partial charge in [0, 0.05) is 12.1 Å². The summed E-state index contributed by atoms with van der Waals surface area (Å²) in [6, 6.07) is 20.1. The highest BCUT2D eigenvalue weighted by atomic mass is 32.2. The number of fused-ring (bicyclic) bond motifs is 1. The summed E-state index contributed by atoms with van der Waals surface area (Å²) in [4.78, 5) is 26.8. The Labute approximate surface area is 180 Å². The second-order valence-corrected chi connectivity index (χ2v) is 8.30. The molecule has 0 spiro atoms. The number of aryl methyl sites for hydroxylation is 1. The number of rotatable bonds is 6. The van der Waals surface area contributed by atoms with Crippen molar-refractivity contribution in [3.8, 4) is 5.75 Å². The molecule has 5 heteroatoms. The Bertz CT molecular complexity index is 1130. The van der Waals surface area contributed by atoms with Crippen molar-refractivity contribution in [3.05, 3.63) is 82.3 Å². The van der Waals surface area contributed by atoms with Crippen LogP contribution in [0.25, 0.3) is 16.8 Å². The van der Waals surface area contributed by atoms with Crippen molar-refractivity contribution in [1.29, 1.82) is 0 Å². The highest BCUT2D eigenvalue weighted by molar-refractivity contribution is 8.18. The van der Waals surface area contributed by atoms with Crippen molar-refractivity contribution in [2.75, 3.05) is 6.54 Å². The number of benzene rings is 3. The molecule has 30 heavy (non-hydrogen) atoms. The van der Waals surface area contributed by atoms with E-state index in [-0.39, 0.29) is 11.1 Å². The van der Waals surface area contributed by atoms with E-state index in [1.165, 1.54) is 10.5 Å². The number of ether oxygens (including phenoxy) is 1. The minimum Gasteiger partial charge on any atom is -0.488 e. The Balaban J connectivity index is 1.71. The molecule has 0 N–H and O–H groups in total. The molecule has 3 aromatic rings. The van der Waals surface area contributed by atoms with Crippen LogP contribution in [0.1, 0.15) is 30.0 Å². The van der Waals surface area contributed by atoms with Crippen molar-refractivity contribution in [2.24, 2.45) is 0 Å². The maximum atomic E-state index is 12.7. The van der Waals surface area contributed by atoms with Crippen molar-refractivity contribution in [3.63, 3.8) is 0 Å². The molecule has 0 unspecified atom stereocenters. The van der Waals surface area contributed by atoms with Gasteiger partial charge in [0.2, 0.25) is 0 Å². The van der Waals surface area contributed by atoms with Gasteiger partial charge in [0.15, 0.2) is 0 Å². The van der Waals surface area contributed by atoms with E-state index in [9.17, 15) is 9.59 Å². The minimum absolute atomic E-state index is 0.213. The van der Waals surface area contributed by atoms with E-state index < -0.39 is 0 Å². The maximum Gasteiger partial charge on any atom is 0.293 e. The molecule has 152 valence electrons. The molecule has 1 aliphatic rings. The van der Waals surface area contributed by atoms with Gasteiger partial charge >= 0.3 is 0 Å². The lowest BCUT2D eigenvalue weighted by molar-refractivity contribution is -0.122. The average molecular weight is 418 g/mol. The number of hydrogen-bond donors (Lipinski definition) is 0. The van der Waals surface area contributed by atoms with Gasteiger partial charge in [-0.15, -0.1) is 0 Å². The molecular formula is C25H23NO3S. The van der Waals surface area contributed by atoms with Gasteiger partial charge < -0.3 is 4.74 Å². The Hall–Kier alpha value is -3.05. The third-order valence-electron chi connectivity index (χ3n) is 5.04. The highest BCUT2D eigenvalue weighted by Crippen LogP contribution is 2.37. The molecule has 1 heterocycles. The summed E-state index contributed by atoms with van der Waals surface area (Å²) in [5, 5.41) is 1.83. The van der Waals surface area contributed by atoms with Crippen LogP contribution in [0.3, 0.4) is 0 Å². The fraction of sp³-hybridized carbons (Fsp3) is 0.200. The van der Waals surface area contributed by atoms with E-state index >= 15 is 0 Å². The Morgan fingerprint density at radius 2 is 1.77 bits per heavy atom. The van der Waals surface area contributed by atoms with Gasteiger partial charge in [0.1, 0.15) is 12.4 Å². The molecule has 4 rings (SSSR count). The summed E-state index contributed by atoms with van der Waals surface area (Å²) < 4.78 is 6.15. The molecule has 0 radical (unpaired) electrons. The van der Waals surface area contributed by atoms with Crippen LogP contribution >= 0.6 is 11.8 Å². The molecule has 0 saturated carbocycles. The lowest BCUT2D eigenvalue weighted by Crippen LogP contribution is -2.28. The Morgan fingerprint density at radius 1 is 1.00 bits per heavy atom. The number of hydrogen-bond acceptors (Lipinski definition) is 4. The fourth-order valence-corrected chi connectivity index (χ4v) is 4.29. The molecule has 2 amide bonds. The topological polar surface area (TPSA) is 46.6 Å². The van der Waals surface area contributed by atoms with Crippen LogP contribution in [-0.4, -0.2) is 22.6 Å². The summed E-state index contributed by atoms with van der Waals surface area (Å²) in [5.41, 5.74) is 3.10. The quantitative estimate of drug-likeness (QED) is 0.450. The molecule has 4 nitrogen and oxygen atoms in total. The van der Waals surface area contributed by atoms with Crippen LogP contribution in [0.15, 0.2) is 65.6 Å². The maximum absolute atomic E-state index is 12.7. The molecule has 0 aliphatic carbocycles. The van der Waals surface area contributed by atoms with Gasteiger partial charge in [-0.25, -0.2) is 0 Å². The number of nitrogens with zero attached hydrogens (tertiary/aromatic N) is 1. The van der Waals surface area contributed by atoms with E-state index in [4.69, 9.17) is 4.74 Å². The average Bonchev–Trinajstić information content (AvgIpc) is 3.02. The van der Waals surface area contributed by atoms with Crippen LogP contribution < -0.4 is 4.74 Å². The molecule has 0 atom stereocenters. The molecule has 0 bridgehead atoms. The zero-order chi connectivity index (χ0) is 21.1. The van der Waals surface area contributed by atoms with E-state index in [1.54, 1.807) is 6.08 Å². The predicted molar refractivity (Wildman–Crippen MR) is 122 cm³/mol. The summed E-state index contributed by atoms with van der Waals surface area (Å²) in [6.07, 6.45) is 2.54. The highest BCUT2D eigenvalue weighted by Gasteiger charge is 2.34. The summed E-state index contributed by atoms with van der Waals surface area (Å²) in [6.45, 7) is 4.87. The summed E-state index contributed by atoms with van der Waals surface area (Å²) in [5.74, 6) is 0.459. The van der Waals surface area contributed by atoms with Gasteiger partial charge in [0.05, 0.1) is 4.91 Å². The van der Waals surface area contributed by atoms with E-state index in [2.05, 4.69) is 19.1 Å². The van der Waals surface area contributed by atoms with Gasteiger partial charge in [-0.05, 0) is 53.6 Å². The molecule has 1 aliphatic heterocycles. The van der Waals surface area contributed by atoms with Crippen molar-refractivity contribution in [2.45, 2.75) is 26.9 Å². The van der Waals surface area contributed by atoms with Crippen LogP contribution in [0.5, 0.6) is 5.75 Å². The SMILES string of the molecule is CCCN1C(=O)S/C(=C/c2c(OCc3ccc(C)cc3)ccc3ccccc23)C1=O. The molecule has 1 saturated heterocycles. The zero-order valence-corrected chi connectivity index (χ0v) is 17.9. The van der Waals surface area contributed by atoms with Gasteiger partial charge in [-0.3, -0.25) is 14.5 Å². The number of amides is 2. The third-order valence-corrected chi connectivity index (χ3v) is 5.95. The molecule has 0 aromatic heterocycles. The smallest absolute Gasteiger partial charge is 0.293 e. The fourth-order valence-electron chi connectivity index (χ4n) is 3.44. The largest absolute Gasteiger partial charge is 0.488 e.